The van der Waals surface area contributed by atoms with Gasteiger partial charge >= 0.3 is 5.63 Å². The highest BCUT2D eigenvalue weighted by Crippen LogP contribution is 2.36. The topological polar surface area (TPSA) is 43.9 Å². The molecule has 0 saturated carbocycles. The van der Waals surface area contributed by atoms with Crippen molar-refractivity contribution in [1.82, 2.24) is 0 Å². The van der Waals surface area contributed by atoms with E-state index in [0.29, 0.717) is 18.4 Å². The van der Waals surface area contributed by atoms with Crippen LogP contribution >= 0.6 is 0 Å². The summed E-state index contributed by atoms with van der Waals surface area (Å²) in [5.74, 6) is 0.896. The number of benzene rings is 2. The average Bonchev–Trinajstić information content (AvgIpc) is 3.20. The summed E-state index contributed by atoms with van der Waals surface area (Å²) in [6.07, 6.45) is 2.84. The third-order valence-electron chi connectivity index (χ3n) is 6.25. The van der Waals surface area contributed by atoms with Crippen LogP contribution in [0, 0.1) is 6.92 Å². The van der Waals surface area contributed by atoms with Gasteiger partial charge < -0.3 is 9.15 Å². The second-order valence-electron chi connectivity index (χ2n) is 7.82. The van der Waals surface area contributed by atoms with E-state index in [4.69, 9.17) is 9.15 Å². The van der Waals surface area contributed by atoms with Crippen molar-refractivity contribution in [3.63, 3.8) is 0 Å². The Hall–Kier alpha value is -2.59. The molecule has 5 rings (SSSR count). The molecule has 4 nitrogen and oxygen atoms in total. The van der Waals surface area contributed by atoms with Gasteiger partial charge in [-0.3, -0.25) is 4.90 Å². The van der Waals surface area contributed by atoms with E-state index in [9.17, 15) is 4.79 Å². The van der Waals surface area contributed by atoms with Crippen molar-refractivity contribution in [1.29, 1.82) is 0 Å². The third-order valence-corrected chi connectivity index (χ3v) is 6.25. The van der Waals surface area contributed by atoms with Gasteiger partial charge in [-0.2, -0.15) is 0 Å². The molecule has 1 N–H and O–H groups in total. The first kappa shape index (κ1) is 16.6. The van der Waals surface area contributed by atoms with Crippen molar-refractivity contribution in [2.24, 2.45) is 0 Å². The third kappa shape index (κ3) is 2.59. The van der Waals surface area contributed by atoms with Crippen LogP contribution in [-0.4, -0.2) is 6.73 Å². The number of ether oxygens (including phenoxy) is 1. The molecule has 2 heterocycles. The molecule has 3 aromatic rings. The van der Waals surface area contributed by atoms with Gasteiger partial charge in [0.1, 0.15) is 23.9 Å². The quantitative estimate of drug-likeness (QED) is 0.713. The van der Waals surface area contributed by atoms with Crippen molar-refractivity contribution < 1.29 is 14.1 Å². The molecule has 1 aliphatic carbocycles. The molecule has 0 saturated heterocycles. The van der Waals surface area contributed by atoms with Crippen molar-refractivity contribution in [2.45, 2.75) is 45.7 Å². The molecule has 1 aliphatic heterocycles. The predicted octanol–water partition coefficient (Wildman–Crippen LogP) is 3.09. The fourth-order valence-corrected chi connectivity index (χ4v) is 4.68. The zero-order chi connectivity index (χ0) is 18.5. The van der Waals surface area contributed by atoms with Crippen molar-refractivity contribution in [3.05, 3.63) is 74.6 Å². The lowest BCUT2D eigenvalue weighted by Crippen LogP contribution is -3.12. The molecule has 0 spiro atoms. The summed E-state index contributed by atoms with van der Waals surface area (Å²) in [5, 5.41) is 1.11. The van der Waals surface area contributed by atoms with Crippen LogP contribution in [0.15, 0.2) is 45.6 Å². The fraction of sp³-hybridized carbons (Fsp3) is 0.348. The largest absolute Gasteiger partial charge is 0.444 e. The lowest BCUT2D eigenvalue weighted by Gasteiger charge is -2.31. The first-order valence-corrected chi connectivity index (χ1v) is 9.77. The van der Waals surface area contributed by atoms with Crippen molar-refractivity contribution in [2.75, 3.05) is 6.73 Å². The molecule has 0 bridgehead atoms. The molecule has 1 aromatic heterocycles. The Bertz CT molecular complexity index is 1080. The van der Waals surface area contributed by atoms with Gasteiger partial charge in [0.05, 0.1) is 0 Å². The van der Waals surface area contributed by atoms with Crippen LogP contribution < -0.4 is 15.3 Å². The Morgan fingerprint density at radius 2 is 1.89 bits per heavy atom. The smallest absolute Gasteiger partial charge is 0.339 e. The Kier molecular flexibility index (Phi) is 3.83. The molecule has 0 radical (unpaired) electrons. The number of quaternary nitrogens is 1. The Morgan fingerprint density at radius 3 is 2.70 bits per heavy atom. The van der Waals surface area contributed by atoms with Crippen LogP contribution in [0.25, 0.3) is 11.0 Å². The highest BCUT2D eigenvalue weighted by Gasteiger charge is 2.30. The summed E-state index contributed by atoms with van der Waals surface area (Å²) in [7, 11) is 0. The number of hydrogen-bond acceptors (Lipinski definition) is 3. The monoisotopic (exact) mass is 362 g/mol. The van der Waals surface area contributed by atoms with Gasteiger partial charge in [-0.1, -0.05) is 30.3 Å². The number of fused-ring (bicyclic) bond motifs is 4. The first-order chi connectivity index (χ1) is 13.1. The molecule has 4 heteroatoms. The Balaban J connectivity index is 1.59. The summed E-state index contributed by atoms with van der Waals surface area (Å²) < 4.78 is 11.9. The SMILES string of the molecule is Cc1c2c(cc3c4c(c(=O)oc13)CCC4)C[NH+]([C@H](C)c1ccccc1)CO2. The van der Waals surface area contributed by atoms with Crippen molar-refractivity contribution in [3.8, 4) is 5.75 Å². The molecule has 138 valence electrons. The van der Waals surface area contributed by atoms with Gasteiger partial charge in [0.25, 0.3) is 0 Å². The summed E-state index contributed by atoms with van der Waals surface area (Å²) in [6.45, 7) is 5.79. The molecule has 2 aliphatic rings. The molecule has 27 heavy (non-hydrogen) atoms. The number of aryl methyl sites for hydroxylation is 2. The maximum absolute atomic E-state index is 12.3. The zero-order valence-electron chi connectivity index (χ0n) is 15.8. The zero-order valence-corrected chi connectivity index (χ0v) is 15.8. The van der Waals surface area contributed by atoms with Gasteiger partial charge in [-0.15, -0.1) is 0 Å². The van der Waals surface area contributed by atoms with Crippen LogP contribution in [0.3, 0.4) is 0 Å². The predicted molar refractivity (Wildman–Crippen MR) is 104 cm³/mol. The lowest BCUT2D eigenvalue weighted by molar-refractivity contribution is -0.960. The van der Waals surface area contributed by atoms with E-state index >= 15 is 0 Å². The number of hydrogen-bond donors (Lipinski definition) is 1. The molecule has 2 atom stereocenters. The van der Waals surface area contributed by atoms with E-state index in [0.717, 1.165) is 48.1 Å². The first-order valence-electron chi connectivity index (χ1n) is 9.77. The van der Waals surface area contributed by atoms with E-state index in [1.165, 1.54) is 21.6 Å². The standard InChI is InChI=1S/C23H23NO3/c1-14-21-17(11-20-18-9-6-10-19(18)23(25)27-22(14)20)12-24(13-26-21)15(2)16-7-4-3-5-8-16/h3-5,7-8,11,15H,6,9-10,12-13H2,1-2H3/p+1/t15-/m1/s1. The normalized spacial score (nSPS) is 19.4. The van der Waals surface area contributed by atoms with Crippen LogP contribution in [-0.2, 0) is 19.4 Å². The van der Waals surface area contributed by atoms with E-state index in [-0.39, 0.29) is 5.63 Å². The van der Waals surface area contributed by atoms with Crippen LogP contribution in [0.2, 0.25) is 0 Å². The Morgan fingerprint density at radius 1 is 1.11 bits per heavy atom. The van der Waals surface area contributed by atoms with E-state index in [1.807, 2.05) is 6.92 Å². The molecule has 0 amide bonds. The van der Waals surface area contributed by atoms with E-state index in [2.05, 4.69) is 43.3 Å². The maximum Gasteiger partial charge on any atom is 0.339 e. The van der Waals surface area contributed by atoms with E-state index in [1.54, 1.807) is 0 Å². The minimum absolute atomic E-state index is 0.168. The average molecular weight is 362 g/mol. The summed E-state index contributed by atoms with van der Waals surface area (Å²) in [5.41, 5.74) is 6.10. The highest BCUT2D eigenvalue weighted by atomic mass is 16.5. The van der Waals surface area contributed by atoms with E-state index < -0.39 is 0 Å². The minimum atomic E-state index is -0.168. The van der Waals surface area contributed by atoms with Gasteiger partial charge in [-0.25, -0.2) is 4.79 Å². The van der Waals surface area contributed by atoms with Gasteiger partial charge in [0.2, 0.25) is 6.73 Å². The molecule has 0 fully saturated rings. The molecular weight excluding hydrogens is 338 g/mol. The summed E-state index contributed by atoms with van der Waals surface area (Å²) in [6, 6.07) is 13.2. The summed E-state index contributed by atoms with van der Waals surface area (Å²) in [4.78, 5) is 13.7. The molecular formula is C23H24NO3+. The Labute approximate surface area is 158 Å². The van der Waals surface area contributed by atoms with Gasteiger partial charge in [0.15, 0.2) is 0 Å². The second-order valence-corrected chi connectivity index (χ2v) is 7.82. The molecule has 2 aromatic carbocycles. The molecule has 1 unspecified atom stereocenters. The lowest BCUT2D eigenvalue weighted by atomic mass is 9.98. The van der Waals surface area contributed by atoms with Crippen LogP contribution in [0.5, 0.6) is 5.75 Å². The summed E-state index contributed by atoms with van der Waals surface area (Å²) >= 11 is 0. The second kappa shape index (κ2) is 6.24. The van der Waals surface area contributed by atoms with Crippen molar-refractivity contribution >= 4 is 11.0 Å². The van der Waals surface area contributed by atoms with Crippen LogP contribution in [0.4, 0.5) is 0 Å². The van der Waals surface area contributed by atoms with Crippen LogP contribution in [0.1, 0.15) is 47.2 Å². The number of rotatable bonds is 2. The fourth-order valence-electron chi connectivity index (χ4n) is 4.68. The minimum Gasteiger partial charge on any atom is -0.444 e. The number of nitrogens with one attached hydrogen (secondary N) is 1. The maximum atomic E-state index is 12.3. The van der Waals surface area contributed by atoms with Gasteiger partial charge in [0, 0.05) is 27.6 Å². The van der Waals surface area contributed by atoms with Gasteiger partial charge in [-0.05, 0) is 44.7 Å². The highest BCUT2D eigenvalue weighted by molar-refractivity contribution is 5.87.